The van der Waals surface area contributed by atoms with E-state index in [0.717, 1.165) is 12.3 Å². The minimum atomic E-state index is -0.698. The summed E-state index contributed by atoms with van der Waals surface area (Å²) < 4.78 is 0. The van der Waals surface area contributed by atoms with Gasteiger partial charge in [0.1, 0.15) is 6.04 Å². The first-order valence-corrected chi connectivity index (χ1v) is 6.55. The van der Waals surface area contributed by atoms with E-state index >= 15 is 0 Å². The zero-order valence-corrected chi connectivity index (χ0v) is 9.42. The Morgan fingerprint density at radius 1 is 1.47 bits per heavy atom. The van der Waals surface area contributed by atoms with Crippen LogP contribution in [0.25, 0.3) is 0 Å². The maximum Gasteiger partial charge on any atom is 0.321 e. The quantitative estimate of drug-likeness (QED) is 0.671. The van der Waals surface area contributed by atoms with Gasteiger partial charge in [-0.2, -0.15) is 0 Å². The molecule has 4 heterocycles. The molecule has 4 aliphatic rings. The molecule has 0 amide bonds. The molecule has 2 atom stereocenters. The van der Waals surface area contributed by atoms with Crippen LogP contribution in [-0.4, -0.2) is 52.3 Å². The van der Waals surface area contributed by atoms with Crippen molar-refractivity contribution in [3.05, 3.63) is 0 Å². The van der Waals surface area contributed by atoms with Crippen LogP contribution in [0.4, 0.5) is 0 Å². The number of nitrogens with one attached hydrogen (secondary N) is 1. The number of rotatable bonds is 1. The summed E-state index contributed by atoms with van der Waals surface area (Å²) in [6.07, 6.45) is 2.46. The van der Waals surface area contributed by atoms with Gasteiger partial charge in [-0.15, -0.1) is 11.8 Å². The smallest absolute Gasteiger partial charge is 0.321 e. The van der Waals surface area contributed by atoms with Gasteiger partial charge in [0.2, 0.25) is 0 Å². The van der Waals surface area contributed by atoms with Gasteiger partial charge >= 0.3 is 5.97 Å². The number of hydrogen-bond donors (Lipinski definition) is 2. The first kappa shape index (κ1) is 9.93. The third kappa shape index (κ3) is 1.48. The first-order chi connectivity index (χ1) is 7.20. The second-order valence-electron chi connectivity index (χ2n) is 4.79. The molecule has 5 heteroatoms. The molecule has 1 unspecified atom stereocenters. The van der Waals surface area contributed by atoms with E-state index in [2.05, 4.69) is 10.2 Å². The van der Waals surface area contributed by atoms with E-state index in [4.69, 9.17) is 5.11 Å². The van der Waals surface area contributed by atoms with Crippen molar-refractivity contribution in [2.75, 3.05) is 25.4 Å². The minimum absolute atomic E-state index is 0.0551. The number of carboxylic acids is 1. The van der Waals surface area contributed by atoms with E-state index in [0.29, 0.717) is 5.92 Å². The average Bonchev–Trinajstić information content (AvgIpc) is 2.64. The molecule has 4 aliphatic heterocycles. The molecule has 2 N–H and O–H groups in total. The molecule has 0 aromatic heterocycles. The number of fused-ring (bicyclic) bond motifs is 2. The van der Waals surface area contributed by atoms with E-state index in [1.54, 1.807) is 0 Å². The van der Waals surface area contributed by atoms with E-state index in [1.807, 2.05) is 11.8 Å². The Labute approximate surface area is 93.4 Å². The predicted molar refractivity (Wildman–Crippen MR) is 58.9 cm³/mol. The highest BCUT2D eigenvalue weighted by atomic mass is 32.2. The molecular formula is C10H16N2O2S. The Morgan fingerprint density at radius 3 is 2.67 bits per heavy atom. The number of thioether (sulfide) groups is 1. The van der Waals surface area contributed by atoms with Crippen LogP contribution in [0.1, 0.15) is 12.8 Å². The summed E-state index contributed by atoms with van der Waals surface area (Å²) in [6.45, 7) is 3.44. The molecular weight excluding hydrogens is 212 g/mol. The van der Waals surface area contributed by atoms with Crippen molar-refractivity contribution in [3.8, 4) is 0 Å². The van der Waals surface area contributed by atoms with Crippen molar-refractivity contribution in [2.45, 2.75) is 23.8 Å². The fourth-order valence-corrected chi connectivity index (χ4v) is 4.75. The summed E-state index contributed by atoms with van der Waals surface area (Å²) in [5.74, 6) is 0.701. The van der Waals surface area contributed by atoms with Gasteiger partial charge in [0.05, 0.1) is 4.87 Å². The van der Waals surface area contributed by atoms with Crippen LogP contribution in [0.5, 0.6) is 0 Å². The summed E-state index contributed by atoms with van der Waals surface area (Å²) in [5, 5.41) is 12.4. The maximum atomic E-state index is 10.9. The summed E-state index contributed by atoms with van der Waals surface area (Å²) in [7, 11) is 0. The molecule has 2 bridgehead atoms. The highest BCUT2D eigenvalue weighted by molar-refractivity contribution is 8.01. The third-order valence-electron chi connectivity index (χ3n) is 3.93. The average molecular weight is 228 g/mol. The van der Waals surface area contributed by atoms with Gasteiger partial charge in [0, 0.05) is 12.3 Å². The topological polar surface area (TPSA) is 52.6 Å². The largest absolute Gasteiger partial charge is 0.480 e. The molecule has 0 aliphatic carbocycles. The van der Waals surface area contributed by atoms with Crippen molar-refractivity contribution in [1.29, 1.82) is 0 Å². The molecule has 0 saturated carbocycles. The van der Waals surface area contributed by atoms with E-state index in [9.17, 15) is 4.79 Å². The second kappa shape index (κ2) is 3.37. The second-order valence-corrected chi connectivity index (χ2v) is 6.14. The van der Waals surface area contributed by atoms with Crippen LogP contribution in [0.15, 0.2) is 0 Å². The zero-order valence-electron chi connectivity index (χ0n) is 8.61. The number of hydrogen-bond acceptors (Lipinski definition) is 4. The number of piperidine rings is 3. The molecule has 0 radical (unpaired) electrons. The fourth-order valence-electron chi connectivity index (χ4n) is 3.09. The normalized spacial score (nSPS) is 48.7. The van der Waals surface area contributed by atoms with Gasteiger partial charge in [0.15, 0.2) is 0 Å². The lowest BCUT2D eigenvalue weighted by atomic mass is 9.83. The third-order valence-corrected chi connectivity index (χ3v) is 5.53. The molecule has 4 saturated heterocycles. The number of carboxylic acid groups (broad SMARTS) is 1. The predicted octanol–water partition coefficient (Wildman–Crippen LogP) is 0.198. The minimum Gasteiger partial charge on any atom is -0.480 e. The summed E-state index contributed by atoms with van der Waals surface area (Å²) >= 11 is 1.83. The molecule has 0 aromatic carbocycles. The Kier molecular flexibility index (Phi) is 2.23. The van der Waals surface area contributed by atoms with Crippen molar-refractivity contribution in [3.63, 3.8) is 0 Å². The van der Waals surface area contributed by atoms with Crippen molar-refractivity contribution < 1.29 is 9.90 Å². The Morgan fingerprint density at radius 2 is 2.20 bits per heavy atom. The van der Waals surface area contributed by atoms with Crippen LogP contribution in [0.2, 0.25) is 0 Å². The standard InChI is InChI=1S/C10H16N2O2S/c13-9(14)8-5-15-10(11-8)6-12-3-1-7(10)2-4-12/h7-8,11H,1-6H2,(H,13,14)/t8-,10?/m1/s1. The van der Waals surface area contributed by atoms with Gasteiger partial charge in [-0.1, -0.05) is 0 Å². The number of aliphatic carboxylic acids is 1. The van der Waals surface area contributed by atoms with Gasteiger partial charge in [-0.25, -0.2) is 0 Å². The lowest BCUT2D eigenvalue weighted by molar-refractivity contribution is -0.139. The van der Waals surface area contributed by atoms with E-state index < -0.39 is 5.97 Å². The van der Waals surface area contributed by atoms with Crippen LogP contribution in [0.3, 0.4) is 0 Å². The lowest BCUT2D eigenvalue weighted by Gasteiger charge is -2.51. The molecule has 4 nitrogen and oxygen atoms in total. The van der Waals surface area contributed by atoms with Gasteiger partial charge in [-0.3, -0.25) is 10.1 Å². The number of nitrogens with zero attached hydrogens (tertiary/aromatic N) is 1. The molecule has 84 valence electrons. The summed E-state index contributed by atoms with van der Waals surface area (Å²) in [4.78, 5) is 13.5. The van der Waals surface area contributed by atoms with Crippen molar-refractivity contribution in [2.24, 2.45) is 5.92 Å². The van der Waals surface area contributed by atoms with Crippen LogP contribution < -0.4 is 5.32 Å². The summed E-state index contributed by atoms with van der Waals surface area (Å²) in [5.41, 5.74) is 0. The zero-order chi connectivity index (χ0) is 10.5. The lowest BCUT2D eigenvalue weighted by Crippen LogP contribution is -2.63. The SMILES string of the molecule is O=C(O)[C@H]1CSC2(CN3CCC2CC3)N1. The molecule has 0 aromatic rings. The highest BCUT2D eigenvalue weighted by Gasteiger charge is 2.52. The van der Waals surface area contributed by atoms with Gasteiger partial charge in [0.25, 0.3) is 0 Å². The van der Waals surface area contributed by atoms with Gasteiger partial charge < -0.3 is 10.0 Å². The van der Waals surface area contributed by atoms with E-state index in [-0.39, 0.29) is 10.9 Å². The molecule has 1 spiro atoms. The number of carbonyl (C=O) groups is 1. The Balaban J connectivity index is 1.78. The summed E-state index contributed by atoms with van der Waals surface area (Å²) in [6, 6.07) is -0.337. The van der Waals surface area contributed by atoms with E-state index in [1.165, 1.54) is 25.9 Å². The Hall–Kier alpha value is -0.260. The van der Waals surface area contributed by atoms with Gasteiger partial charge in [-0.05, 0) is 31.8 Å². The maximum absolute atomic E-state index is 10.9. The molecule has 15 heavy (non-hydrogen) atoms. The van der Waals surface area contributed by atoms with Crippen LogP contribution >= 0.6 is 11.8 Å². The van der Waals surface area contributed by atoms with Crippen molar-refractivity contribution in [1.82, 2.24) is 10.2 Å². The molecule has 4 fully saturated rings. The van der Waals surface area contributed by atoms with Crippen LogP contribution in [-0.2, 0) is 4.79 Å². The highest BCUT2D eigenvalue weighted by Crippen LogP contribution is 2.46. The monoisotopic (exact) mass is 228 g/mol. The first-order valence-electron chi connectivity index (χ1n) is 5.56. The Bertz CT molecular complexity index is 291. The molecule has 4 rings (SSSR count). The van der Waals surface area contributed by atoms with Crippen LogP contribution in [0, 0.1) is 5.92 Å². The fraction of sp³-hybridized carbons (Fsp3) is 0.900. The van der Waals surface area contributed by atoms with Crippen molar-refractivity contribution >= 4 is 17.7 Å².